The quantitative estimate of drug-likeness (QED) is 0.0938. The average molecular weight is 1390 g/mol. The van der Waals surface area contributed by atoms with Crippen LogP contribution in [0, 0.1) is 0 Å². The van der Waals surface area contributed by atoms with Gasteiger partial charge in [-0.1, -0.05) is 267 Å². The van der Waals surface area contributed by atoms with Crippen LogP contribution in [0.3, 0.4) is 0 Å². The number of carbonyl (C=O) groups is 1. The Hall–Kier alpha value is -14.0. The van der Waals surface area contributed by atoms with E-state index < -0.39 is 5.97 Å². The van der Waals surface area contributed by atoms with Gasteiger partial charge in [-0.05, 0) is 196 Å². The Morgan fingerprint density at radius 2 is 0.578 bits per heavy atom. The van der Waals surface area contributed by atoms with Gasteiger partial charge >= 0.3 is 5.97 Å². The third kappa shape index (κ3) is 9.26. The highest BCUT2D eigenvalue weighted by Crippen LogP contribution is 2.58. The third-order valence-electron chi connectivity index (χ3n) is 23.4. The Kier molecular flexibility index (Phi) is 13.5. The lowest BCUT2D eigenvalue weighted by molar-refractivity contribution is 0.0472. The normalized spacial score (nSPS) is 13.5. The van der Waals surface area contributed by atoms with Gasteiger partial charge in [-0.3, -0.25) is 0 Å². The SMILES string of the molecule is O=C(OCc1ccccc1)c1cc2c3c(c1)N(c1ccccc1)c1cc4c(cc1B3c1cc(-c3ccccc3)ccc1N2c1ccccc1)B1c2cc(-c3ccccc3)cc3c2N2c5c(cc(-c6ccccc6)cc5B5c6cc(-c7ccccc7)ccc6N(c6ccccc6)c6cc(c1c2c65)N4c1ccccc1)O3. The topological polar surface area (TPSA) is 51.7 Å². The van der Waals surface area contributed by atoms with Crippen molar-refractivity contribution in [1.82, 2.24) is 0 Å². The van der Waals surface area contributed by atoms with E-state index in [1.807, 2.05) is 30.3 Å². The number of rotatable bonds is 11. The Labute approximate surface area is 633 Å². The summed E-state index contributed by atoms with van der Waals surface area (Å²) in [5.74, 6) is 1.21. The number of anilines is 15. The molecule has 16 aromatic rings. The molecule has 0 saturated carbocycles. The number of benzene rings is 16. The van der Waals surface area contributed by atoms with Gasteiger partial charge in [-0.25, -0.2) is 4.79 Å². The second kappa shape index (κ2) is 24.0. The summed E-state index contributed by atoms with van der Waals surface area (Å²) < 4.78 is 14.2. The van der Waals surface area contributed by atoms with Crippen LogP contribution in [-0.2, 0) is 11.3 Å². The van der Waals surface area contributed by atoms with E-state index in [4.69, 9.17) is 9.47 Å². The van der Waals surface area contributed by atoms with Crippen molar-refractivity contribution in [3.05, 3.63) is 375 Å². The molecule has 0 bridgehead atoms. The molecule has 0 N–H and O–H groups in total. The molecule has 23 rings (SSSR count). The fourth-order valence-corrected chi connectivity index (χ4v) is 18.9. The van der Waals surface area contributed by atoms with Crippen LogP contribution in [-0.4, -0.2) is 26.1 Å². The van der Waals surface area contributed by atoms with Crippen molar-refractivity contribution in [3.63, 3.8) is 0 Å². The van der Waals surface area contributed by atoms with Crippen LogP contribution in [0.5, 0.6) is 11.5 Å². The maximum Gasteiger partial charge on any atom is 0.338 e. The van der Waals surface area contributed by atoms with Gasteiger partial charge in [0.05, 0.1) is 16.9 Å². The zero-order valence-electron chi connectivity index (χ0n) is 59.0. The largest absolute Gasteiger partial charge is 0.457 e. The van der Waals surface area contributed by atoms with Crippen LogP contribution in [0.25, 0.3) is 44.5 Å². The first kappa shape index (κ1) is 61.3. The first-order chi connectivity index (χ1) is 54.0. The molecule has 506 valence electrons. The molecular weight excluding hydrogens is 1330 g/mol. The minimum atomic E-state index is -0.407. The molecule has 0 amide bonds. The zero-order valence-corrected chi connectivity index (χ0v) is 59.0. The van der Waals surface area contributed by atoms with Crippen molar-refractivity contribution in [1.29, 1.82) is 0 Å². The van der Waals surface area contributed by atoms with Gasteiger partial charge < -0.3 is 34.0 Å². The van der Waals surface area contributed by atoms with E-state index in [0.717, 1.165) is 163 Å². The summed E-state index contributed by atoms with van der Waals surface area (Å²) in [5.41, 5.74) is 36.3. The summed E-state index contributed by atoms with van der Waals surface area (Å²) >= 11 is 0. The molecule has 109 heavy (non-hydrogen) atoms. The van der Waals surface area contributed by atoms with Gasteiger partial charge in [-0.15, -0.1) is 0 Å². The highest BCUT2D eigenvalue weighted by atomic mass is 16.5. The molecule has 0 saturated heterocycles. The van der Waals surface area contributed by atoms with Crippen LogP contribution in [0.4, 0.5) is 85.3 Å². The predicted molar refractivity (Wildman–Crippen MR) is 451 cm³/mol. The smallest absolute Gasteiger partial charge is 0.338 e. The predicted octanol–water partition coefficient (Wildman–Crippen LogP) is 18.6. The molecule has 8 nitrogen and oxygen atoms in total. The molecule has 7 aliphatic heterocycles. The number of para-hydroxylation sites is 4. The summed E-state index contributed by atoms with van der Waals surface area (Å²) in [6.07, 6.45) is 0. The Balaban J connectivity index is 0.857. The van der Waals surface area contributed by atoms with E-state index in [9.17, 15) is 0 Å². The van der Waals surface area contributed by atoms with E-state index in [-0.39, 0.29) is 26.7 Å². The Morgan fingerprint density at radius 1 is 0.257 bits per heavy atom. The maximum atomic E-state index is 15.4. The van der Waals surface area contributed by atoms with Crippen LogP contribution in [0.15, 0.2) is 364 Å². The third-order valence-corrected chi connectivity index (χ3v) is 23.4. The van der Waals surface area contributed by atoms with Gasteiger partial charge in [0.2, 0.25) is 0 Å². The lowest BCUT2D eigenvalue weighted by Crippen LogP contribution is -2.69. The Morgan fingerprint density at radius 3 is 0.982 bits per heavy atom. The first-order valence-electron chi connectivity index (χ1n) is 37.5. The molecule has 0 radical (unpaired) electrons. The van der Waals surface area contributed by atoms with Crippen LogP contribution >= 0.6 is 0 Å². The molecule has 0 fully saturated rings. The van der Waals surface area contributed by atoms with Gasteiger partial charge in [0, 0.05) is 73.9 Å². The van der Waals surface area contributed by atoms with Gasteiger partial charge in [0.25, 0.3) is 20.1 Å². The second-order valence-corrected chi connectivity index (χ2v) is 29.3. The highest BCUT2D eigenvalue weighted by Gasteiger charge is 2.56. The van der Waals surface area contributed by atoms with Crippen LogP contribution in [0.1, 0.15) is 15.9 Å². The second-order valence-electron chi connectivity index (χ2n) is 29.3. The van der Waals surface area contributed by atoms with E-state index >= 15 is 4.79 Å². The number of hydrogen-bond donors (Lipinski definition) is 0. The number of fused-ring (bicyclic) bond motifs is 10. The highest BCUT2D eigenvalue weighted by molar-refractivity contribution is 7.06. The molecule has 0 spiro atoms. The molecule has 11 heteroatoms. The van der Waals surface area contributed by atoms with Gasteiger partial charge in [0.1, 0.15) is 6.61 Å². The van der Waals surface area contributed by atoms with Crippen LogP contribution < -0.4 is 78.4 Å². The lowest BCUT2D eigenvalue weighted by atomic mass is 9.27. The van der Waals surface area contributed by atoms with Crippen molar-refractivity contribution in [2.45, 2.75) is 6.61 Å². The number of hydrogen-bond acceptors (Lipinski definition) is 8. The van der Waals surface area contributed by atoms with Crippen molar-refractivity contribution in [2.24, 2.45) is 0 Å². The lowest BCUT2D eigenvalue weighted by Gasteiger charge is -2.53. The standard InChI is InChI=1S/C98H62B3N5O3/c107-98(108-61-62-28-10-1-11-29-62)71-54-86-92-87(55-71)104(74-42-24-8-25-43-74)84-59-85-79(58-78(84)99(92)76-50-67(63-30-12-2-13-31-63)46-48-82(76)102(86)72-38-20-6-21-39-72)101-81-53-70(66-36-18-5-19-37-66)57-91-96(81)106-95-80(52-69(56-90(95)109-91)65-34-16-4-17-35-65)100-77-51-68(64-32-14-3-15-33-64)47-49-83(77)103(73-40-22-7-23-41-73)88-60-89(94(101)97(106)93(88)100)105(85)75-44-26-9-27-45-75/h1-60H,61H2. The molecule has 7 aliphatic rings. The fourth-order valence-electron chi connectivity index (χ4n) is 18.9. The number of esters is 1. The minimum Gasteiger partial charge on any atom is -0.457 e. The minimum absolute atomic E-state index is 0.123. The molecule has 16 aromatic carbocycles. The number of carbonyl (C=O) groups excluding carboxylic acids is 1. The summed E-state index contributed by atoms with van der Waals surface area (Å²) in [4.78, 5) is 28.0. The van der Waals surface area contributed by atoms with Crippen LogP contribution in [0.2, 0.25) is 0 Å². The average Bonchev–Trinajstić information content (AvgIpc) is 0.656. The van der Waals surface area contributed by atoms with E-state index in [0.29, 0.717) is 5.56 Å². The molecule has 0 aromatic heterocycles. The number of ether oxygens (including phenoxy) is 2. The first-order valence-corrected chi connectivity index (χ1v) is 37.5. The van der Waals surface area contributed by atoms with E-state index in [2.05, 4.69) is 358 Å². The van der Waals surface area contributed by atoms with E-state index in [1.165, 1.54) is 33.0 Å². The number of nitrogens with zero attached hydrogens (tertiary/aromatic N) is 5. The Bertz CT molecular complexity index is 6450. The summed E-state index contributed by atoms with van der Waals surface area (Å²) in [5, 5.41) is 0. The molecule has 0 unspecified atom stereocenters. The van der Waals surface area contributed by atoms with Gasteiger partial charge in [0.15, 0.2) is 11.5 Å². The zero-order chi connectivity index (χ0) is 71.5. The maximum absolute atomic E-state index is 15.4. The molecular formula is C98H62B3N5O3. The van der Waals surface area contributed by atoms with Crippen molar-refractivity contribution >= 4 is 161 Å². The van der Waals surface area contributed by atoms with Crippen molar-refractivity contribution in [3.8, 4) is 56.0 Å². The summed E-state index contributed by atoms with van der Waals surface area (Å²) in [6.45, 7) is -0.867. The van der Waals surface area contributed by atoms with E-state index in [1.54, 1.807) is 0 Å². The summed E-state index contributed by atoms with van der Waals surface area (Å²) in [7, 11) is 0. The summed E-state index contributed by atoms with van der Waals surface area (Å²) in [6, 6.07) is 132. The van der Waals surface area contributed by atoms with Crippen molar-refractivity contribution < 1.29 is 14.3 Å². The molecule has 0 aliphatic carbocycles. The molecule has 0 atom stereocenters. The van der Waals surface area contributed by atoms with Crippen molar-refractivity contribution in [2.75, 3.05) is 24.5 Å². The fraction of sp³-hybridized carbons (Fsp3) is 0.0102. The molecule has 7 heterocycles. The van der Waals surface area contributed by atoms with Gasteiger partial charge in [-0.2, -0.15) is 0 Å². The monoisotopic (exact) mass is 1390 g/mol.